The number of hydrogen-bond acceptors (Lipinski definition) is 5. The van der Waals surface area contributed by atoms with Crippen molar-refractivity contribution in [1.82, 2.24) is 0 Å². The predicted molar refractivity (Wildman–Crippen MR) is 85.3 cm³/mol. The van der Waals surface area contributed by atoms with Crippen molar-refractivity contribution < 1.29 is 27.1 Å². The molecule has 0 bridgehead atoms. The van der Waals surface area contributed by atoms with Crippen LogP contribution in [0.5, 0.6) is 0 Å². The van der Waals surface area contributed by atoms with Crippen molar-refractivity contribution in [2.24, 2.45) is 0 Å². The lowest BCUT2D eigenvalue weighted by atomic mass is 10.1. The Balaban J connectivity index is 2.16. The van der Waals surface area contributed by atoms with E-state index in [-0.39, 0.29) is 16.0 Å². The van der Waals surface area contributed by atoms with Crippen molar-refractivity contribution in [2.75, 3.05) is 12.9 Å². The molecule has 0 aliphatic heterocycles. The molecular weight excluding hydrogens is 335 g/mol. The Labute approximate surface area is 139 Å². The first-order valence-corrected chi connectivity index (χ1v) is 8.85. The summed E-state index contributed by atoms with van der Waals surface area (Å²) in [5.74, 6) is -2.23. The van der Waals surface area contributed by atoms with Gasteiger partial charge in [-0.05, 0) is 36.8 Å². The van der Waals surface area contributed by atoms with Gasteiger partial charge in [-0.1, -0.05) is 18.2 Å². The maximum Gasteiger partial charge on any atom is 0.338 e. The summed E-state index contributed by atoms with van der Waals surface area (Å²) in [4.78, 5) is 24.0. The van der Waals surface area contributed by atoms with E-state index in [2.05, 4.69) is 0 Å². The Bertz CT molecular complexity index is 903. The van der Waals surface area contributed by atoms with Crippen LogP contribution in [0, 0.1) is 12.7 Å². The Morgan fingerprint density at radius 1 is 1.08 bits per heavy atom. The fourth-order valence-electron chi connectivity index (χ4n) is 2.03. The second-order valence-electron chi connectivity index (χ2n) is 5.23. The molecule has 0 N–H and O–H groups in total. The van der Waals surface area contributed by atoms with Gasteiger partial charge in [-0.15, -0.1) is 0 Å². The second-order valence-corrected chi connectivity index (χ2v) is 7.24. The molecule has 0 atom stereocenters. The quantitative estimate of drug-likeness (QED) is 0.612. The molecule has 0 aliphatic rings. The molecule has 0 unspecified atom stereocenters. The van der Waals surface area contributed by atoms with E-state index in [1.54, 1.807) is 6.92 Å². The molecule has 0 spiro atoms. The predicted octanol–water partition coefficient (Wildman–Crippen LogP) is 2.58. The van der Waals surface area contributed by atoms with Gasteiger partial charge >= 0.3 is 5.97 Å². The molecule has 0 heterocycles. The highest BCUT2D eigenvalue weighted by Crippen LogP contribution is 2.17. The van der Waals surface area contributed by atoms with Crippen molar-refractivity contribution >= 4 is 21.6 Å². The summed E-state index contributed by atoms with van der Waals surface area (Å²) in [5, 5.41) is 0. The molecule has 2 aromatic carbocycles. The van der Waals surface area contributed by atoms with Gasteiger partial charge in [0.2, 0.25) is 5.78 Å². The number of carbonyl (C=O) groups excluding carboxylic acids is 2. The fourth-order valence-corrected chi connectivity index (χ4v) is 2.67. The van der Waals surface area contributed by atoms with Gasteiger partial charge in [-0.25, -0.2) is 17.6 Å². The molecule has 5 nitrogen and oxygen atoms in total. The lowest BCUT2D eigenvalue weighted by Crippen LogP contribution is -2.16. The van der Waals surface area contributed by atoms with Crippen molar-refractivity contribution in [2.45, 2.75) is 11.8 Å². The van der Waals surface area contributed by atoms with Crippen LogP contribution < -0.4 is 0 Å². The number of ether oxygens (including phenoxy) is 1. The maximum absolute atomic E-state index is 13.5. The molecule has 0 fully saturated rings. The monoisotopic (exact) mass is 350 g/mol. The summed E-state index contributed by atoms with van der Waals surface area (Å²) in [7, 11) is -3.48. The first-order chi connectivity index (χ1) is 11.2. The van der Waals surface area contributed by atoms with Gasteiger partial charge in [-0.3, -0.25) is 4.79 Å². The lowest BCUT2D eigenvalue weighted by Gasteiger charge is -2.08. The number of rotatable bonds is 5. The zero-order valence-electron chi connectivity index (χ0n) is 13.1. The van der Waals surface area contributed by atoms with Crippen molar-refractivity contribution in [3.63, 3.8) is 0 Å². The van der Waals surface area contributed by atoms with Crippen LogP contribution in [0.4, 0.5) is 4.39 Å². The number of esters is 1. The molecule has 2 aromatic rings. The molecule has 0 amide bonds. The zero-order valence-corrected chi connectivity index (χ0v) is 13.9. The van der Waals surface area contributed by atoms with Gasteiger partial charge in [-0.2, -0.15) is 0 Å². The van der Waals surface area contributed by atoms with E-state index >= 15 is 0 Å². The summed E-state index contributed by atoms with van der Waals surface area (Å²) < 4.78 is 41.5. The standard InChI is InChI=1S/C17H15FO5S/c1-11-7-8-12(24(2,21)22)9-14(11)17(20)23-10-16(19)13-5-3-4-6-15(13)18/h3-9H,10H2,1-2H3. The highest BCUT2D eigenvalue weighted by atomic mass is 32.2. The second kappa shape index (κ2) is 6.92. The first-order valence-electron chi connectivity index (χ1n) is 6.95. The smallest absolute Gasteiger partial charge is 0.338 e. The minimum absolute atomic E-state index is 0.0273. The van der Waals surface area contributed by atoms with Gasteiger partial charge in [0, 0.05) is 6.26 Å². The maximum atomic E-state index is 13.5. The molecular formula is C17H15FO5S. The Hall–Kier alpha value is -2.54. The molecule has 2 rings (SSSR count). The highest BCUT2D eigenvalue weighted by molar-refractivity contribution is 7.90. The number of benzene rings is 2. The van der Waals surface area contributed by atoms with Crippen molar-refractivity contribution in [3.05, 3.63) is 65.0 Å². The van der Waals surface area contributed by atoms with Crippen LogP contribution in [0.1, 0.15) is 26.3 Å². The Morgan fingerprint density at radius 2 is 1.75 bits per heavy atom. The van der Waals surface area contributed by atoms with E-state index in [1.807, 2.05) is 0 Å². The lowest BCUT2D eigenvalue weighted by molar-refractivity contribution is 0.0472. The van der Waals surface area contributed by atoms with E-state index in [0.717, 1.165) is 12.3 Å². The minimum atomic E-state index is -3.48. The van der Waals surface area contributed by atoms with Crippen LogP contribution in [0.15, 0.2) is 47.4 Å². The summed E-state index contributed by atoms with van der Waals surface area (Å²) in [6.45, 7) is 0.976. The van der Waals surface area contributed by atoms with Crippen LogP contribution in [0.3, 0.4) is 0 Å². The molecule has 7 heteroatoms. The summed E-state index contributed by atoms with van der Waals surface area (Å²) >= 11 is 0. The third-order valence-electron chi connectivity index (χ3n) is 3.37. The SMILES string of the molecule is Cc1ccc(S(C)(=O)=O)cc1C(=O)OCC(=O)c1ccccc1F. The normalized spacial score (nSPS) is 11.1. The summed E-state index contributed by atoms with van der Waals surface area (Å²) in [6, 6.07) is 9.42. The van der Waals surface area contributed by atoms with Crippen molar-refractivity contribution in [1.29, 1.82) is 0 Å². The van der Waals surface area contributed by atoms with E-state index in [9.17, 15) is 22.4 Å². The molecule has 0 aliphatic carbocycles. The number of Topliss-reactive ketones (excluding diaryl/α,β-unsaturated/α-hetero) is 1. The first kappa shape index (κ1) is 17.8. The Kier molecular flexibility index (Phi) is 5.14. The third-order valence-corrected chi connectivity index (χ3v) is 4.48. The average molecular weight is 350 g/mol. The van der Waals surface area contributed by atoms with Crippen LogP contribution >= 0.6 is 0 Å². The van der Waals surface area contributed by atoms with Crippen LogP contribution in [-0.2, 0) is 14.6 Å². The van der Waals surface area contributed by atoms with E-state index in [1.165, 1.54) is 36.4 Å². The largest absolute Gasteiger partial charge is 0.454 e. The molecule has 0 saturated heterocycles. The van der Waals surface area contributed by atoms with Crippen LogP contribution in [0.25, 0.3) is 0 Å². The van der Waals surface area contributed by atoms with Gasteiger partial charge in [0.05, 0.1) is 16.0 Å². The summed E-state index contributed by atoms with van der Waals surface area (Å²) in [6.07, 6.45) is 1.02. The number of carbonyl (C=O) groups is 2. The van der Waals surface area contributed by atoms with Gasteiger partial charge in [0.15, 0.2) is 16.4 Å². The number of halogens is 1. The number of sulfone groups is 1. The number of aryl methyl sites for hydroxylation is 1. The molecule has 0 aromatic heterocycles. The molecule has 126 valence electrons. The topological polar surface area (TPSA) is 77.5 Å². The Morgan fingerprint density at radius 3 is 2.38 bits per heavy atom. The summed E-state index contributed by atoms with van der Waals surface area (Å²) in [5.41, 5.74) is 0.372. The molecule has 24 heavy (non-hydrogen) atoms. The van der Waals surface area contributed by atoms with Gasteiger partial charge in [0.25, 0.3) is 0 Å². The molecule has 0 saturated carbocycles. The highest BCUT2D eigenvalue weighted by Gasteiger charge is 2.18. The van der Waals surface area contributed by atoms with E-state index in [0.29, 0.717) is 5.56 Å². The van der Waals surface area contributed by atoms with E-state index in [4.69, 9.17) is 4.74 Å². The van der Waals surface area contributed by atoms with Gasteiger partial charge < -0.3 is 4.74 Å². The average Bonchev–Trinajstić information content (AvgIpc) is 2.52. The minimum Gasteiger partial charge on any atom is -0.454 e. The zero-order chi connectivity index (χ0) is 17.9. The third kappa shape index (κ3) is 4.05. The van der Waals surface area contributed by atoms with E-state index < -0.39 is 34.0 Å². The number of hydrogen-bond donors (Lipinski definition) is 0. The molecule has 0 radical (unpaired) electrons. The van der Waals surface area contributed by atoms with Crippen molar-refractivity contribution in [3.8, 4) is 0 Å². The van der Waals surface area contributed by atoms with Gasteiger partial charge in [0.1, 0.15) is 5.82 Å². The van der Waals surface area contributed by atoms with Crippen LogP contribution in [-0.4, -0.2) is 33.0 Å². The van der Waals surface area contributed by atoms with Crippen LogP contribution in [0.2, 0.25) is 0 Å². The number of ketones is 1. The fraction of sp³-hybridized carbons (Fsp3) is 0.176.